The van der Waals surface area contributed by atoms with E-state index in [2.05, 4.69) is 15.7 Å². The van der Waals surface area contributed by atoms with E-state index in [1.165, 1.54) is 12.8 Å². The number of rotatable bonds is 4. The number of anilines is 1. The van der Waals surface area contributed by atoms with Crippen LogP contribution in [-0.2, 0) is 4.74 Å². The van der Waals surface area contributed by atoms with Crippen LogP contribution in [0.1, 0.15) is 24.8 Å². The van der Waals surface area contributed by atoms with Gasteiger partial charge >= 0.3 is 6.03 Å². The minimum atomic E-state index is -0.170. The second kappa shape index (κ2) is 6.28. The summed E-state index contributed by atoms with van der Waals surface area (Å²) in [5.74, 6) is 0.627. The van der Waals surface area contributed by atoms with E-state index in [0.29, 0.717) is 5.92 Å². The third-order valence-electron chi connectivity index (χ3n) is 4.78. The summed E-state index contributed by atoms with van der Waals surface area (Å²) in [6, 6.07) is 7.73. The maximum atomic E-state index is 12.4. The van der Waals surface area contributed by atoms with Gasteiger partial charge in [0.15, 0.2) is 0 Å². The van der Waals surface area contributed by atoms with Crippen molar-refractivity contribution in [3.05, 3.63) is 42.2 Å². The Morgan fingerprint density at radius 3 is 2.96 bits per heavy atom. The number of carbonyl (C=O) groups is 1. The number of aromatic nitrogens is 2. The molecule has 1 aliphatic heterocycles. The predicted molar refractivity (Wildman–Crippen MR) is 91.3 cm³/mol. The van der Waals surface area contributed by atoms with Crippen LogP contribution >= 0.6 is 0 Å². The van der Waals surface area contributed by atoms with E-state index in [1.807, 2.05) is 37.4 Å². The molecule has 2 N–H and O–H groups in total. The molecular formula is C18H22N4O2. The molecule has 0 spiro atoms. The maximum Gasteiger partial charge on any atom is 0.319 e. The number of aryl methyl sites for hydroxylation is 1. The molecule has 1 aromatic heterocycles. The van der Waals surface area contributed by atoms with Crippen molar-refractivity contribution in [3.63, 3.8) is 0 Å². The van der Waals surface area contributed by atoms with Crippen LogP contribution in [-0.4, -0.2) is 34.6 Å². The van der Waals surface area contributed by atoms with Gasteiger partial charge < -0.3 is 15.4 Å². The predicted octanol–water partition coefficient (Wildman–Crippen LogP) is 2.87. The zero-order valence-electron chi connectivity index (χ0n) is 13.7. The van der Waals surface area contributed by atoms with E-state index in [0.717, 1.165) is 30.0 Å². The summed E-state index contributed by atoms with van der Waals surface area (Å²) in [6.07, 6.45) is 7.13. The van der Waals surface area contributed by atoms with Crippen LogP contribution in [0, 0.1) is 12.8 Å². The van der Waals surface area contributed by atoms with Crippen LogP contribution in [0.2, 0.25) is 0 Å². The molecular weight excluding hydrogens is 304 g/mol. The molecule has 2 amide bonds. The second-order valence-corrected chi connectivity index (χ2v) is 6.62. The zero-order chi connectivity index (χ0) is 16.5. The summed E-state index contributed by atoms with van der Waals surface area (Å²) in [5.41, 5.74) is 2.73. The summed E-state index contributed by atoms with van der Waals surface area (Å²) in [7, 11) is 0. The average Bonchev–Trinajstić information content (AvgIpc) is 3.08. The minimum absolute atomic E-state index is 0.118. The molecule has 6 nitrogen and oxygen atoms in total. The molecule has 6 heteroatoms. The molecule has 1 saturated carbocycles. The van der Waals surface area contributed by atoms with Crippen molar-refractivity contribution in [1.29, 1.82) is 0 Å². The van der Waals surface area contributed by atoms with Crippen molar-refractivity contribution in [2.24, 2.45) is 5.92 Å². The quantitative estimate of drug-likeness (QED) is 0.908. The SMILES string of the molecule is Cc1ccc(-n2cccn2)cc1NC(=O)NC1CCOC1C1CC1. The molecule has 2 heterocycles. The van der Waals surface area contributed by atoms with Crippen LogP contribution in [0.25, 0.3) is 5.69 Å². The van der Waals surface area contributed by atoms with Crippen molar-refractivity contribution in [3.8, 4) is 5.69 Å². The van der Waals surface area contributed by atoms with Gasteiger partial charge in [0.1, 0.15) is 0 Å². The fourth-order valence-corrected chi connectivity index (χ4v) is 3.29. The first-order chi connectivity index (χ1) is 11.7. The standard InChI is InChI=1S/C18H22N4O2/c1-12-3-6-14(22-9-2-8-19-22)11-16(12)21-18(23)20-15-7-10-24-17(15)13-4-5-13/h2-3,6,8-9,11,13,15,17H,4-5,7,10H2,1H3,(H2,20,21,23). The summed E-state index contributed by atoms with van der Waals surface area (Å²) < 4.78 is 7.55. The van der Waals surface area contributed by atoms with Crippen molar-refractivity contribution in [2.45, 2.75) is 38.3 Å². The Morgan fingerprint density at radius 2 is 2.21 bits per heavy atom. The fourth-order valence-electron chi connectivity index (χ4n) is 3.29. The van der Waals surface area contributed by atoms with Gasteiger partial charge in [0.25, 0.3) is 0 Å². The van der Waals surface area contributed by atoms with Gasteiger partial charge in [-0.05, 0) is 55.9 Å². The van der Waals surface area contributed by atoms with E-state index >= 15 is 0 Å². The first-order valence-electron chi connectivity index (χ1n) is 8.50. The molecule has 2 aliphatic rings. The smallest absolute Gasteiger partial charge is 0.319 e. The molecule has 2 atom stereocenters. The Bertz CT molecular complexity index is 725. The second-order valence-electron chi connectivity index (χ2n) is 6.62. The summed E-state index contributed by atoms with van der Waals surface area (Å²) in [6.45, 7) is 2.72. The third-order valence-corrected chi connectivity index (χ3v) is 4.78. The average molecular weight is 326 g/mol. The van der Waals surface area contributed by atoms with E-state index < -0.39 is 0 Å². The maximum absolute atomic E-state index is 12.4. The molecule has 1 saturated heterocycles. The number of amides is 2. The Balaban J connectivity index is 1.44. The number of nitrogens with one attached hydrogen (secondary N) is 2. The summed E-state index contributed by atoms with van der Waals surface area (Å²) >= 11 is 0. The van der Waals surface area contributed by atoms with Gasteiger partial charge in [-0.1, -0.05) is 6.07 Å². The number of nitrogens with zero attached hydrogens (tertiary/aromatic N) is 2. The van der Waals surface area contributed by atoms with Crippen LogP contribution in [0.5, 0.6) is 0 Å². The molecule has 1 aliphatic carbocycles. The van der Waals surface area contributed by atoms with Gasteiger partial charge in [-0.2, -0.15) is 5.10 Å². The van der Waals surface area contributed by atoms with E-state index in [4.69, 9.17) is 4.74 Å². The number of benzene rings is 1. The highest BCUT2D eigenvalue weighted by Crippen LogP contribution is 2.38. The topological polar surface area (TPSA) is 68.2 Å². The monoisotopic (exact) mass is 326 g/mol. The van der Waals surface area contributed by atoms with Crippen molar-refractivity contribution in [1.82, 2.24) is 15.1 Å². The third kappa shape index (κ3) is 3.14. The highest BCUT2D eigenvalue weighted by atomic mass is 16.5. The number of urea groups is 1. The normalized spacial score (nSPS) is 23.2. The Hall–Kier alpha value is -2.34. The van der Waals surface area contributed by atoms with E-state index in [9.17, 15) is 4.79 Å². The molecule has 2 fully saturated rings. The van der Waals surface area contributed by atoms with Gasteiger partial charge in [0.2, 0.25) is 0 Å². The molecule has 0 radical (unpaired) electrons. The van der Waals surface area contributed by atoms with Crippen LogP contribution in [0.4, 0.5) is 10.5 Å². The highest BCUT2D eigenvalue weighted by Gasteiger charge is 2.41. The van der Waals surface area contributed by atoms with Gasteiger partial charge in [-0.25, -0.2) is 9.48 Å². The summed E-state index contributed by atoms with van der Waals surface area (Å²) in [5, 5.41) is 10.3. The lowest BCUT2D eigenvalue weighted by Gasteiger charge is -2.20. The van der Waals surface area contributed by atoms with E-state index in [-0.39, 0.29) is 18.2 Å². The van der Waals surface area contributed by atoms with Crippen LogP contribution < -0.4 is 10.6 Å². The van der Waals surface area contributed by atoms with Gasteiger partial charge in [-0.15, -0.1) is 0 Å². The molecule has 1 aromatic carbocycles. The van der Waals surface area contributed by atoms with Gasteiger partial charge in [0, 0.05) is 24.7 Å². The molecule has 2 aromatic rings. The lowest BCUT2D eigenvalue weighted by molar-refractivity contribution is 0.0829. The lowest BCUT2D eigenvalue weighted by Crippen LogP contribution is -2.43. The van der Waals surface area contributed by atoms with Gasteiger partial charge in [0.05, 0.1) is 17.8 Å². The van der Waals surface area contributed by atoms with Gasteiger partial charge in [-0.3, -0.25) is 0 Å². The van der Waals surface area contributed by atoms with Crippen LogP contribution in [0.3, 0.4) is 0 Å². The minimum Gasteiger partial charge on any atom is -0.376 e. The Morgan fingerprint density at radius 1 is 1.33 bits per heavy atom. The summed E-state index contributed by atoms with van der Waals surface area (Å²) in [4.78, 5) is 12.4. The largest absolute Gasteiger partial charge is 0.376 e. The molecule has 24 heavy (non-hydrogen) atoms. The van der Waals surface area contributed by atoms with Crippen molar-refractivity contribution < 1.29 is 9.53 Å². The molecule has 126 valence electrons. The number of hydrogen-bond donors (Lipinski definition) is 2. The molecule has 4 rings (SSSR count). The molecule has 2 unspecified atom stereocenters. The number of carbonyl (C=O) groups excluding carboxylic acids is 1. The van der Waals surface area contributed by atoms with E-state index in [1.54, 1.807) is 10.9 Å². The first-order valence-corrected chi connectivity index (χ1v) is 8.50. The zero-order valence-corrected chi connectivity index (χ0v) is 13.7. The fraction of sp³-hybridized carbons (Fsp3) is 0.444. The van der Waals surface area contributed by atoms with Crippen LogP contribution in [0.15, 0.2) is 36.7 Å². The number of ether oxygens (including phenoxy) is 1. The number of hydrogen-bond acceptors (Lipinski definition) is 3. The van der Waals surface area contributed by atoms with Crippen molar-refractivity contribution in [2.75, 3.05) is 11.9 Å². The molecule has 0 bridgehead atoms. The Kier molecular flexibility index (Phi) is 3.98. The Labute approximate surface area is 141 Å². The van der Waals surface area contributed by atoms with Crippen molar-refractivity contribution >= 4 is 11.7 Å². The first kappa shape index (κ1) is 15.2. The highest BCUT2D eigenvalue weighted by molar-refractivity contribution is 5.90. The lowest BCUT2D eigenvalue weighted by atomic mass is 10.1.